The van der Waals surface area contributed by atoms with Gasteiger partial charge in [0.05, 0.1) is 24.8 Å². The summed E-state index contributed by atoms with van der Waals surface area (Å²) < 4.78 is 54.6. The molecule has 0 fully saturated rings. The molecule has 0 saturated carbocycles. The van der Waals surface area contributed by atoms with Gasteiger partial charge in [0.2, 0.25) is 11.8 Å². The highest BCUT2D eigenvalue weighted by molar-refractivity contribution is 7.92. The molecule has 1 unspecified atom stereocenters. The predicted molar refractivity (Wildman–Crippen MR) is 160 cm³/mol. The average Bonchev–Trinajstić information content (AvgIpc) is 2.96. The number of ether oxygens (including phenoxy) is 2. The lowest BCUT2D eigenvalue weighted by Gasteiger charge is -2.32. The number of amides is 2. The van der Waals surface area contributed by atoms with Crippen LogP contribution in [0.25, 0.3) is 0 Å². The Kier molecular flexibility index (Phi) is 10.9. The maximum absolute atomic E-state index is 14.7. The lowest BCUT2D eigenvalue weighted by atomic mass is 10.1. The zero-order chi connectivity index (χ0) is 31.0. The summed E-state index contributed by atoms with van der Waals surface area (Å²) in [4.78, 5) is 28.0. The number of halogens is 1. The Morgan fingerprint density at radius 2 is 1.60 bits per heavy atom. The number of carbonyl (C=O) groups is 2. The van der Waals surface area contributed by atoms with Crippen molar-refractivity contribution in [2.24, 2.45) is 0 Å². The van der Waals surface area contributed by atoms with Gasteiger partial charge in [0.15, 0.2) is 11.5 Å². The number of carbonyl (C=O) groups excluding carboxylic acids is 2. The van der Waals surface area contributed by atoms with Crippen molar-refractivity contribution in [3.63, 3.8) is 0 Å². The Labute approximate surface area is 247 Å². The Balaban J connectivity index is 2.11. The minimum Gasteiger partial charge on any atom is -0.493 e. The average molecular weight is 600 g/mol. The molecule has 0 aliphatic heterocycles. The Morgan fingerprint density at radius 1 is 0.952 bits per heavy atom. The first-order chi connectivity index (χ1) is 19.9. The van der Waals surface area contributed by atoms with E-state index in [-0.39, 0.29) is 28.4 Å². The minimum absolute atomic E-state index is 0.124. The van der Waals surface area contributed by atoms with E-state index in [2.05, 4.69) is 5.32 Å². The maximum Gasteiger partial charge on any atom is 0.264 e. The number of hydrogen-bond donors (Lipinski definition) is 1. The Bertz CT molecular complexity index is 1510. The van der Waals surface area contributed by atoms with Crippen LogP contribution in [-0.2, 0) is 26.2 Å². The summed E-state index contributed by atoms with van der Waals surface area (Å²) in [5, 5.41) is 2.76. The van der Waals surface area contributed by atoms with Gasteiger partial charge in [-0.05, 0) is 68.7 Å². The van der Waals surface area contributed by atoms with E-state index < -0.39 is 40.2 Å². The third-order valence-electron chi connectivity index (χ3n) is 6.73. The van der Waals surface area contributed by atoms with Crippen molar-refractivity contribution in [2.45, 2.75) is 51.6 Å². The molecule has 3 aromatic carbocycles. The molecule has 0 saturated heterocycles. The standard InChI is InChI=1S/C31H38FN3O6S/c1-7-14-33-31(37)23(4)34(19-24-10-8-9-11-27(24)32)30(36)20-35(25-16-21(2)15-22(3)17-25)42(38,39)26-12-13-28(40-5)29(18-26)41-6/h8-13,15-18,23H,7,14,19-20H2,1-6H3,(H,33,37). The zero-order valence-electron chi connectivity index (χ0n) is 24.8. The van der Waals surface area contributed by atoms with Gasteiger partial charge in [-0.3, -0.25) is 13.9 Å². The molecule has 3 rings (SSSR count). The van der Waals surface area contributed by atoms with E-state index in [0.29, 0.717) is 18.7 Å². The molecule has 3 aromatic rings. The fraction of sp³-hybridized carbons (Fsp3) is 0.355. The SMILES string of the molecule is CCCNC(=O)C(C)N(Cc1ccccc1F)C(=O)CN(c1cc(C)cc(C)c1)S(=O)(=O)c1ccc(OC)c(OC)c1. The maximum atomic E-state index is 14.7. The molecule has 9 nitrogen and oxygen atoms in total. The number of sulfonamides is 1. The molecule has 1 N–H and O–H groups in total. The Hall–Kier alpha value is -4.12. The van der Waals surface area contributed by atoms with E-state index in [0.717, 1.165) is 15.4 Å². The number of rotatable bonds is 13. The lowest BCUT2D eigenvalue weighted by molar-refractivity contribution is -0.139. The van der Waals surface area contributed by atoms with Crippen molar-refractivity contribution in [1.82, 2.24) is 10.2 Å². The lowest BCUT2D eigenvalue weighted by Crippen LogP contribution is -2.51. The van der Waals surface area contributed by atoms with Crippen LogP contribution in [0.15, 0.2) is 65.6 Å². The molecule has 0 spiro atoms. The van der Waals surface area contributed by atoms with E-state index in [4.69, 9.17) is 9.47 Å². The van der Waals surface area contributed by atoms with E-state index in [1.54, 1.807) is 18.2 Å². The normalized spacial score (nSPS) is 11.9. The van der Waals surface area contributed by atoms with Crippen LogP contribution in [0.5, 0.6) is 11.5 Å². The van der Waals surface area contributed by atoms with E-state index >= 15 is 0 Å². The highest BCUT2D eigenvalue weighted by Crippen LogP contribution is 2.33. The smallest absolute Gasteiger partial charge is 0.264 e. The van der Waals surface area contributed by atoms with Gasteiger partial charge >= 0.3 is 0 Å². The number of anilines is 1. The summed E-state index contributed by atoms with van der Waals surface area (Å²) in [7, 11) is -1.51. The van der Waals surface area contributed by atoms with E-state index in [1.807, 2.05) is 26.8 Å². The second-order valence-corrected chi connectivity index (χ2v) is 11.8. The highest BCUT2D eigenvalue weighted by Gasteiger charge is 2.33. The number of hydrogen-bond acceptors (Lipinski definition) is 6. The van der Waals surface area contributed by atoms with Gasteiger partial charge in [-0.15, -0.1) is 0 Å². The second-order valence-electron chi connectivity index (χ2n) is 9.95. The third kappa shape index (κ3) is 7.58. The summed E-state index contributed by atoms with van der Waals surface area (Å²) in [5.74, 6) is -1.11. The monoisotopic (exact) mass is 599 g/mol. The first-order valence-corrected chi connectivity index (χ1v) is 15.0. The van der Waals surface area contributed by atoms with E-state index in [9.17, 15) is 22.4 Å². The largest absolute Gasteiger partial charge is 0.493 e. The van der Waals surface area contributed by atoms with Crippen molar-refractivity contribution in [3.8, 4) is 11.5 Å². The molecular formula is C31H38FN3O6S. The molecular weight excluding hydrogens is 561 g/mol. The summed E-state index contributed by atoms with van der Waals surface area (Å²) in [6.45, 7) is 6.60. The molecule has 0 aliphatic carbocycles. The summed E-state index contributed by atoms with van der Waals surface area (Å²) in [5.41, 5.74) is 2.05. The van der Waals surface area contributed by atoms with E-state index in [1.165, 1.54) is 62.4 Å². The summed E-state index contributed by atoms with van der Waals surface area (Å²) >= 11 is 0. The molecule has 226 valence electrons. The minimum atomic E-state index is -4.34. The third-order valence-corrected chi connectivity index (χ3v) is 8.50. The molecule has 0 bridgehead atoms. The van der Waals surface area contributed by atoms with Crippen LogP contribution < -0.4 is 19.1 Å². The first kappa shape index (κ1) is 32.4. The van der Waals surface area contributed by atoms with Crippen LogP contribution in [0.4, 0.5) is 10.1 Å². The van der Waals surface area contributed by atoms with Crippen molar-refractivity contribution < 1.29 is 31.9 Å². The van der Waals surface area contributed by atoms with Crippen LogP contribution in [0.2, 0.25) is 0 Å². The van der Waals surface area contributed by atoms with Crippen molar-refractivity contribution in [3.05, 3.63) is 83.2 Å². The molecule has 0 aliphatic rings. The van der Waals surface area contributed by atoms with Crippen molar-refractivity contribution in [1.29, 1.82) is 0 Å². The summed E-state index contributed by atoms with van der Waals surface area (Å²) in [6.07, 6.45) is 0.684. The van der Waals surface area contributed by atoms with Crippen molar-refractivity contribution >= 4 is 27.5 Å². The fourth-order valence-electron chi connectivity index (χ4n) is 4.52. The van der Waals surface area contributed by atoms with Crippen LogP contribution in [0, 0.1) is 19.7 Å². The van der Waals surface area contributed by atoms with Gasteiger partial charge in [-0.1, -0.05) is 31.2 Å². The van der Waals surface area contributed by atoms with Gasteiger partial charge in [0.1, 0.15) is 18.4 Å². The van der Waals surface area contributed by atoms with Gasteiger partial charge in [0.25, 0.3) is 10.0 Å². The number of methoxy groups -OCH3 is 2. The van der Waals surface area contributed by atoms with Gasteiger partial charge in [0, 0.05) is 24.7 Å². The highest BCUT2D eigenvalue weighted by atomic mass is 32.2. The van der Waals surface area contributed by atoms with Crippen LogP contribution >= 0.6 is 0 Å². The first-order valence-electron chi connectivity index (χ1n) is 13.6. The topological polar surface area (TPSA) is 105 Å². The Morgan fingerprint density at radius 3 is 2.19 bits per heavy atom. The zero-order valence-corrected chi connectivity index (χ0v) is 25.6. The number of benzene rings is 3. The van der Waals surface area contributed by atoms with Crippen LogP contribution in [0.1, 0.15) is 37.0 Å². The fourth-order valence-corrected chi connectivity index (χ4v) is 5.93. The predicted octanol–water partition coefficient (Wildman–Crippen LogP) is 4.60. The quantitative estimate of drug-likeness (QED) is 0.308. The van der Waals surface area contributed by atoms with Gasteiger partial charge in [-0.2, -0.15) is 0 Å². The number of aryl methyl sites for hydroxylation is 2. The van der Waals surface area contributed by atoms with Crippen LogP contribution in [-0.4, -0.2) is 58.5 Å². The summed E-state index contributed by atoms with van der Waals surface area (Å²) in [6, 6.07) is 14.3. The molecule has 11 heteroatoms. The van der Waals surface area contributed by atoms with Gasteiger partial charge in [-0.25, -0.2) is 12.8 Å². The van der Waals surface area contributed by atoms with Crippen molar-refractivity contribution in [2.75, 3.05) is 31.6 Å². The molecule has 0 aromatic heterocycles. The molecule has 0 radical (unpaired) electrons. The second kappa shape index (κ2) is 14.2. The molecule has 2 amide bonds. The molecule has 1 atom stereocenters. The molecule has 0 heterocycles. The van der Waals surface area contributed by atoms with Crippen LogP contribution in [0.3, 0.4) is 0 Å². The number of nitrogens with one attached hydrogen (secondary N) is 1. The van der Waals surface area contributed by atoms with Gasteiger partial charge < -0.3 is 19.7 Å². The molecule has 42 heavy (non-hydrogen) atoms. The number of nitrogens with zero attached hydrogens (tertiary/aromatic N) is 2.